The molecule has 0 radical (unpaired) electrons. The molecule has 0 saturated carbocycles. The van der Waals surface area contributed by atoms with Crippen molar-refractivity contribution >= 4 is 0 Å². The third kappa shape index (κ3) is 3.28. The Bertz CT molecular complexity index is 351. The molecular weight excluding hydrogens is 216 g/mol. The number of fused-ring (bicyclic) bond motifs is 1. The molecule has 3 heteroatoms. The zero-order valence-electron chi connectivity index (χ0n) is 10.3. The smallest absolute Gasteiger partial charge is 0.0828 e. The van der Waals surface area contributed by atoms with E-state index in [0.29, 0.717) is 13.0 Å². The number of aliphatic hydroxyl groups excluding tert-OH is 1. The van der Waals surface area contributed by atoms with E-state index in [2.05, 4.69) is 18.2 Å². The number of ether oxygens (including phenoxy) is 2. The highest BCUT2D eigenvalue weighted by Crippen LogP contribution is 2.30. The summed E-state index contributed by atoms with van der Waals surface area (Å²) in [6.07, 6.45) is 2.30. The number of aliphatic hydroxyl groups is 1. The van der Waals surface area contributed by atoms with Gasteiger partial charge in [-0.15, -0.1) is 0 Å². The van der Waals surface area contributed by atoms with E-state index in [1.807, 2.05) is 6.07 Å². The molecule has 1 aliphatic rings. The monoisotopic (exact) mass is 236 g/mol. The average Bonchev–Trinajstić information content (AvgIpc) is 2.36. The van der Waals surface area contributed by atoms with Crippen LogP contribution in [0, 0.1) is 0 Å². The summed E-state index contributed by atoms with van der Waals surface area (Å²) < 4.78 is 10.7. The molecular formula is C14H20O3. The second kappa shape index (κ2) is 6.15. The first-order chi connectivity index (χ1) is 8.31. The first-order valence-corrected chi connectivity index (χ1v) is 6.17. The first kappa shape index (κ1) is 12.6. The van der Waals surface area contributed by atoms with Crippen molar-refractivity contribution in [3.05, 3.63) is 35.4 Å². The van der Waals surface area contributed by atoms with E-state index in [-0.39, 0.29) is 6.10 Å². The molecule has 0 aliphatic carbocycles. The minimum Gasteiger partial charge on any atom is -0.391 e. The molecule has 1 N–H and O–H groups in total. The second-order valence-electron chi connectivity index (χ2n) is 4.49. The SMILES string of the molecule is COCC(O)CCC1OCCc2ccccc21. The van der Waals surface area contributed by atoms with Crippen LogP contribution >= 0.6 is 0 Å². The molecule has 0 amide bonds. The number of hydrogen-bond donors (Lipinski definition) is 1. The van der Waals surface area contributed by atoms with Crippen LogP contribution in [0.2, 0.25) is 0 Å². The lowest BCUT2D eigenvalue weighted by molar-refractivity contribution is 0.0112. The van der Waals surface area contributed by atoms with Crippen LogP contribution in [0.25, 0.3) is 0 Å². The van der Waals surface area contributed by atoms with Gasteiger partial charge in [0.15, 0.2) is 0 Å². The van der Waals surface area contributed by atoms with Gasteiger partial charge in [-0.1, -0.05) is 24.3 Å². The van der Waals surface area contributed by atoms with Gasteiger partial charge in [0, 0.05) is 7.11 Å². The third-order valence-corrected chi connectivity index (χ3v) is 3.21. The predicted molar refractivity (Wildman–Crippen MR) is 66.0 cm³/mol. The molecule has 94 valence electrons. The van der Waals surface area contributed by atoms with E-state index in [1.165, 1.54) is 11.1 Å². The van der Waals surface area contributed by atoms with Crippen LogP contribution in [0.3, 0.4) is 0 Å². The quantitative estimate of drug-likeness (QED) is 0.850. The summed E-state index contributed by atoms with van der Waals surface area (Å²) >= 11 is 0. The third-order valence-electron chi connectivity index (χ3n) is 3.21. The number of benzene rings is 1. The summed E-state index contributed by atoms with van der Waals surface area (Å²) in [6.45, 7) is 1.18. The highest BCUT2D eigenvalue weighted by molar-refractivity contribution is 5.30. The van der Waals surface area contributed by atoms with E-state index >= 15 is 0 Å². The van der Waals surface area contributed by atoms with Crippen LogP contribution in [0.4, 0.5) is 0 Å². The van der Waals surface area contributed by atoms with Crippen molar-refractivity contribution in [1.29, 1.82) is 0 Å². The molecule has 1 heterocycles. The van der Waals surface area contributed by atoms with Crippen LogP contribution in [0.1, 0.15) is 30.1 Å². The topological polar surface area (TPSA) is 38.7 Å². The maximum Gasteiger partial charge on any atom is 0.0828 e. The van der Waals surface area contributed by atoms with Gasteiger partial charge in [0.25, 0.3) is 0 Å². The minimum absolute atomic E-state index is 0.131. The van der Waals surface area contributed by atoms with Crippen LogP contribution in [-0.2, 0) is 15.9 Å². The molecule has 1 aliphatic heterocycles. The molecule has 2 atom stereocenters. The summed E-state index contributed by atoms with van der Waals surface area (Å²) in [5.74, 6) is 0. The molecule has 3 nitrogen and oxygen atoms in total. The lowest BCUT2D eigenvalue weighted by Gasteiger charge is -2.26. The van der Waals surface area contributed by atoms with Crippen molar-refractivity contribution in [3.63, 3.8) is 0 Å². The summed E-state index contributed by atoms with van der Waals surface area (Å²) in [5.41, 5.74) is 2.66. The fourth-order valence-corrected chi connectivity index (χ4v) is 2.34. The van der Waals surface area contributed by atoms with Crippen LogP contribution < -0.4 is 0 Å². The maximum absolute atomic E-state index is 9.65. The van der Waals surface area contributed by atoms with E-state index in [1.54, 1.807) is 7.11 Å². The van der Waals surface area contributed by atoms with Gasteiger partial charge in [-0.25, -0.2) is 0 Å². The van der Waals surface area contributed by atoms with Crippen molar-refractivity contribution < 1.29 is 14.6 Å². The fraction of sp³-hybridized carbons (Fsp3) is 0.571. The number of methoxy groups -OCH3 is 1. The number of rotatable bonds is 5. The van der Waals surface area contributed by atoms with Gasteiger partial charge in [-0.2, -0.15) is 0 Å². The Balaban J connectivity index is 1.94. The van der Waals surface area contributed by atoms with Crippen molar-refractivity contribution in [2.24, 2.45) is 0 Å². The van der Waals surface area contributed by atoms with E-state index in [0.717, 1.165) is 19.4 Å². The molecule has 0 bridgehead atoms. The molecule has 17 heavy (non-hydrogen) atoms. The predicted octanol–water partition coefficient (Wildman–Crippen LogP) is 2.09. The number of hydrogen-bond acceptors (Lipinski definition) is 3. The van der Waals surface area contributed by atoms with Gasteiger partial charge in [-0.3, -0.25) is 0 Å². The first-order valence-electron chi connectivity index (χ1n) is 6.17. The summed E-state index contributed by atoms with van der Waals surface area (Å²) in [4.78, 5) is 0. The Labute approximate surface area is 102 Å². The highest BCUT2D eigenvalue weighted by atomic mass is 16.5. The van der Waals surface area contributed by atoms with Crippen LogP contribution in [0.5, 0.6) is 0 Å². The fourth-order valence-electron chi connectivity index (χ4n) is 2.34. The van der Waals surface area contributed by atoms with E-state index < -0.39 is 6.10 Å². The van der Waals surface area contributed by atoms with Crippen molar-refractivity contribution in [2.75, 3.05) is 20.3 Å². The zero-order chi connectivity index (χ0) is 12.1. The van der Waals surface area contributed by atoms with Gasteiger partial charge < -0.3 is 14.6 Å². The lowest BCUT2D eigenvalue weighted by Crippen LogP contribution is -2.20. The molecule has 1 aromatic rings. The Morgan fingerprint density at radius 3 is 3.12 bits per heavy atom. The molecule has 0 saturated heterocycles. The molecule has 0 fully saturated rings. The molecule has 2 rings (SSSR count). The molecule has 2 unspecified atom stereocenters. The van der Waals surface area contributed by atoms with Crippen LogP contribution in [0.15, 0.2) is 24.3 Å². The second-order valence-corrected chi connectivity index (χ2v) is 4.49. The van der Waals surface area contributed by atoms with E-state index in [9.17, 15) is 5.11 Å². The van der Waals surface area contributed by atoms with E-state index in [4.69, 9.17) is 9.47 Å². The minimum atomic E-state index is -0.391. The van der Waals surface area contributed by atoms with Gasteiger partial charge in [0.2, 0.25) is 0 Å². The Morgan fingerprint density at radius 2 is 2.29 bits per heavy atom. The Hall–Kier alpha value is -0.900. The van der Waals surface area contributed by atoms with Crippen molar-refractivity contribution in [1.82, 2.24) is 0 Å². The Morgan fingerprint density at radius 1 is 1.47 bits per heavy atom. The normalized spacial score (nSPS) is 20.9. The molecule has 0 aromatic heterocycles. The van der Waals surface area contributed by atoms with Gasteiger partial charge in [0.1, 0.15) is 0 Å². The van der Waals surface area contributed by atoms with Gasteiger partial charge in [-0.05, 0) is 30.4 Å². The Kier molecular flexibility index (Phi) is 4.54. The van der Waals surface area contributed by atoms with Crippen molar-refractivity contribution in [3.8, 4) is 0 Å². The van der Waals surface area contributed by atoms with Crippen LogP contribution in [-0.4, -0.2) is 31.5 Å². The standard InChI is InChI=1S/C14H20O3/c1-16-10-12(15)6-7-14-13-5-3-2-4-11(13)8-9-17-14/h2-5,12,14-15H,6-10H2,1H3. The van der Waals surface area contributed by atoms with Gasteiger partial charge >= 0.3 is 0 Å². The largest absolute Gasteiger partial charge is 0.391 e. The highest BCUT2D eigenvalue weighted by Gasteiger charge is 2.20. The molecule has 0 spiro atoms. The zero-order valence-corrected chi connectivity index (χ0v) is 10.3. The van der Waals surface area contributed by atoms with Crippen molar-refractivity contribution in [2.45, 2.75) is 31.5 Å². The average molecular weight is 236 g/mol. The summed E-state index contributed by atoms with van der Waals surface area (Å²) in [5, 5.41) is 9.65. The van der Waals surface area contributed by atoms with Gasteiger partial charge in [0.05, 0.1) is 25.4 Å². The summed E-state index contributed by atoms with van der Waals surface area (Å²) in [7, 11) is 1.61. The lowest BCUT2D eigenvalue weighted by atomic mass is 9.94. The molecule has 1 aromatic carbocycles. The summed E-state index contributed by atoms with van der Waals surface area (Å²) in [6, 6.07) is 8.41. The maximum atomic E-state index is 9.65.